The fraction of sp³-hybridized carbons (Fsp3) is 0.350. The first-order valence-corrected chi connectivity index (χ1v) is 9.03. The molecule has 4 rings (SSSR count). The van der Waals surface area contributed by atoms with Crippen molar-refractivity contribution in [3.63, 3.8) is 0 Å². The SMILES string of the molecule is OCC1(Cc2ccccc2)CCCN1Cc1nnnn1-c1ccccc1. The van der Waals surface area contributed by atoms with Gasteiger partial charge in [0.1, 0.15) is 0 Å². The molecule has 2 heterocycles. The summed E-state index contributed by atoms with van der Waals surface area (Å²) in [5.41, 5.74) is 1.94. The van der Waals surface area contributed by atoms with Crippen molar-refractivity contribution in [3.05, 3.63) is 72.1 Å². The maximum Gasteiger partial charge on any atom is 0.170 e. The van der Waals surface area contributed by atoms with Crippen LogP contribution in [0.5, 0.6) is 0 Å². The molecular formula is C20H23N5O. The Kier molecular flexibility index (Phi) is 4.77. The third-order valence-corrected chi connectivity index (χ3v) is 5.28. The number of tetrazole rings is 1. The van der Waals surface area contributed by atoms with Crippen molar-refractivity contribution in [2.45, 2.75) is 31.3 Å². The number of para-hydroxylation sites is 1. The summed E-state index contributed by atoms with van der Waals surface area (Å²) >= 11 is 0. The van der Waals surface area contributed by atoms with Gasteiger partial charge in [0, 0.05) is 5.54 Å². The lowest BCUT2D eigenvalue weighted by molar-refractivity contribution is 0.0558. The molecule has 0 radical (unpaired) electrons. The van der Waals surface area contributed by atoms with E-state index in [1.54, 1.807) is 4.68 Å². The van der Waals surface area contributed by atoms with Gasteiger partial charge < -0.3 is 5.11 Å². The average Bonchev–Trinajstić information content (AvgIpc) is 3.31. The van der Waals surface area contributed by atoms with E-state index in [2.05, 4.69) is 44.7 Å². The molecule has 1 aliphatic rings. The van der Waals surface area contributed by atoms with Crippen LogP contribution in [0.3, 0.4) is 0 Å². The van der Waals surface area contributed by atoms with Crippen LogP contribution in [0.4, 0.5) is 0 Å². The van der Waals surface area contributed by atoms with Crippen LogP contribution in [-0.2, 0) is 13.0 Å². The lowest BCUT2D eigenvalue weighted by Crippen LogP contribution is -2.48. The number of aliphatic hydroxyl groups excluding tert-OH is 1. The smallest absolute Gasteiger partial charge is 0.170 e. The molecule has 0 saturated carbocycles. The van der Waals surface area contributed by atoms with E-state index < -0.39 is 0 Å². The Morgan fingerprint density at radius 3 is 2.46 bits per heavy atom. The Hall–Kier alpha value is -2.57. The zero-order valence-corrected chi connectivity index (χ0v) is 14.7. The Labute approximate surface area is 153 Å². The summed E-state index contributed by atoms with van der Waals surface area (Å²) in [6.07, 6.45) is 2.88. The van der Waals surface area contributed by atoms with Crippen LogP contribution in [0.1, 0.15) is 24.2 Å². The van der Waals surface area contributed by atoms with Crippen LogP contribution in [0.2, 0.25) is 0 Å². The summed E-state index contributed by atoms with van der Waals surface area (Å²) in [6.45, 7) is 1.69. The minimum Gasteiger partial charge on any atom is -0.394 e. The Morgan fingerprint density at radius 2 is 1.73 bits per heavy atom. The predicted molar refractivity (Wildman–Crippen MR) is 98.8 cm³/mol. The lowest BCUT2D eigenvalue weighted by Gasteiger charge is -2.37. The number of hydrogen-bond donors (Lipinski definition) is 1. The second-order valence-electron chi connectivity index (χ2n) is 6.91. The van der Waals surface area contributed by atoms with Crippen LogP contribution >= 0.6 is 0 Å². The van der Waals surface area contributed by atoms with E-state index in [-0.39, 0.29) is 12.1 Å². The fourth-order valence-corrected chi connectivity index (χ4v) is 3.90. The predicted octanol–water partition coefficient (Wildman–Crippen LogP) is 2.23. The van der Waals surface area contributed by atoms with Gasteiger partial charge in [0.05, 0.1) is 18.8 Å². The van der Waals surface area contributed by atoms with Gasteiger partial charge in [-0.05, 0) is 53.9 Å². The van der Waals surface area contributed by atoms with Crippen LogP contribution in [0.15, 0.2) is 60.7 Å². The van der Waals surface area contributed by atoms with Crippen LogP contribution in [0, 0.1) is 0 Å². The number of likely N-dealkylation sites (tertiary alicyclic amines) is 1. The highest BCUT2D eigenvalue weighted by atomic mass is 16.3. The summed E-state index contributed by atoms with van der Waals surface area (Å²) < 4.78 is 1.78. The molecule has 0 amide bonds. The molecule has 1 saturated heterocycles. The highest BCUT2D eigenvalue weighted by Gasteiger charge is 2.41. The highest BCUT2D eigenvalue weighted by molar-refractivity contribution is 5.30. The first-order chi connectivity index (χ1) is 12.8. The van der Waals surface area contributed by atoms with Gasteiger partial charge in [-0.25, -0.2) is 0 Å². The quantitative estimate of drug-likeness (QED) is 0.739. The molecule has 0 bridgehead atoms. The van der Waals surface area contributed by atoms with Crippen LogP contribution in [0.25, 0.3) is 5.69 Å². The normalized spacial score (nSPS) is 20.5. The van der Waals surface area contributed by atoms with Crippen LogP contribution < -0.4 is 0 Å². The number of benzene rings is 2. The molecule has 1 N–H and O–H groups in total. The van der Waals surface area contributed by atoms with Gasteiger partial charge in [-0.3, -0.25) is 4.90 Å². The van der Waals surface area contributed by atoms with E-state index in [0.717, 1.165) is 37.3 Å². The lowest BCUT2D eigenvalue weighted by atomic mass is 9.89. The Balaban J connectivity index is 1.59. The molecule has 0 aliphatic carbocycles. The number of hydrogen-bond acceptors (Lipinski definition) is 5. The van der Waals surface area contributed by atoms with E-state index in [1.165, 1.54) is 5.56 Å². The summed E-state index contributed by atoms with van der Waals surface area (Å²) in [4.78, 5) is 2.34. The average molecular weight is 349 g/mol. The second kappa shape index (κ2) is 7.35. The van der Waals surface area contributed by atoms with Crippen molar-refractivity contribution in [1.29, 1.82) is 0 Å². The first kappa shape index (κ1) is 16.9. The van der Waals surface area contributed by atoms with Crippen LogP contribution in [-0.4, -0.2) is 48.9 Å². The van der Waals surface area contributed by atoms with E-state index >= 15 is 0 Å². The summed E-state index contributed by atoms with van der Waals surface area (Å²) in [5, 5.41) is 22.5. The van der Waals surface area contributed by atoms with E-state index in [1.807, 2.05) is 36.4 Å². The van der Waals surface area contributed by atoms with Gasteiger partial charge in [0.2, 0.25) is 0 Å². The van der Waals surface area contributed by atoms with E-state index in [4.69, 9.17) is 0 Å². The number of aromatic nitrogens is 4. The monoisotopic (exact) mass is 349 g/mol. The Bertz CT molecular complexity index is 836. The molecule has 1 fully saturated rings. The van der Waals surface area contributed by atoms with Gasteiger partial charge in [0.25, 0.3) is 0 Å². The standard InChI is InChI=1S/C20H23N5O/c26-16-20(14-17-8-3-1-4-9-17)12-7-13-24(20)15-19-21-22-23-25(19)18-10-5-2-6-11-18/h1-6,8-11,26H,7,12-16H2. The van der Waals surface area contributed by atoms with Gasteiger partial charge >= 0.3 is 0 Å². The third-order valence-electron chi connectivity index (χ3n) is 5.28. The Morgan fingerprint density at radius 1 is 1.00 bits per heavy atom. The van der Waals surface area contributed by atoms with E-state index in [9.17, 15) is 5.11 Å². The van der Waals surface area contributed by atoms with Crippen molar-refractivity contribution >= 4 is 0 Å². The third kappa shape index (κ3) is 3.25. The molecule has 26 heavy (non-hydrogen) atoms. The summed E-state index contributed by atoms with van der Waals surface area (Å²) in [5.74, 6) is 0.795. The maximum atomic E-state index is 10.3. The number of aliphatic hydroxyl groups is 1. The van der Waals surface area contributed by atoms with Gasteiger partial charge in [-0.15, -0.1) is 5.10 Å². The molecule has 6 nitrogen and oxygen atoms in total. The zero-order chi connectivity index (χ0) is 17.8. The molecule has 2 aromatic carbocycles. The maximum absolute atomic E-state index is 10.3. The second-order valence-corrected chi connectivity index (χ2v) is 6.91. The molecule has 1 aromatic heterocycles. The number of nitrogens with zero attached hydrogens (tertiary/aromatic N) is 5. The van der Waals surface area contributed by atoms with Crippen molar-refractivity contribution < 1.29 is 5.11 Å². The van der Waals surface area contributed by atoms with Gasteiger partial charge in [-0.2, -0.15) is 4.68 Å². The molecule has 1 unspecified atom stereocenters. The minimum absolute atomic E-state index is 0.134. The van der Waals surface area contributed by atoms with Crippen molar-refractivity contribution in [2.75, 3.05) is 13.2 Å². The van der Waals surface area contributed by atoms with Crippen molar-refractivity contribution in [2.24, 2.45) is 0 Å². The molecule has 1 atom stereocenters. The van der Waals surface area contributed by atoms with Crippen molar-refractivity contribution in [3.8, 4) is 5.69 Å². The molecule has 1 aliphatic heterocycles. The van der Waals surface area contributed by atoms with E-state index in [0.29, 0.717) is 6.54 Å². The van der Waals surface area contributed by atoms with Crippen molar-refractivity contribution in [1.82, 2.24) is 25.1 Å². The summed E-state index contributed by atoms with van der Waals surface area (Å²) in [6, 6.07) is 20.3. The molecule has 3 aromatic rings. The van der Waals surface area contributed by atoms with Gasteiger partial charge in [-0.1, -0.05) is 48.5 Å². The molecule has 134 valence electrons. The molecule has 6 heteroatoms. The summed E-state index contributed by atoms with van der Waals surface area (Å²) in [7, 11) is 0. The first-order valence-electron chi connectivity index (χ1n) is 9.03. The number of rotatable bonds is 6. The topological polar surface area (TPSA) is 67.1 Å². The molecule has 0 spiro atoms. The fourth-order valence-electron chi connectivity index (χ4n) is 3.90. The minimum atomic E-state index is -0.255. The molecular weight excluding hydrogens is 326 g/mol. The largest absolute Gasteiger partial charge is 0.394 e. The zero-order valence-electron chi connectivity index (χ0n) is 14.7. The highest BCUT2D eigenvalue weighted by Crippen LogP contribution is 2.33. The van der Waals surface area contributed by atoms with Gasteiger partial charge in [0.15, 0.2) is 5.82 Å².